The van der Waals surface area contributed by atoms with Crippen LogP contribution in [0.25, 0.3) is 0 Å². The Balaban J connectivity index is 1.60. The zero-order valence-corrected chi connectivity index (χ0v) is 15.5. The van der Waals surface area contributed by atoms with Crippen molar-refractivity contribution in [3.05, 3.63) is 95.8 Å². The SMILES string of the molecule is O=C(NCCc1ccncc1)[C@@H](NCCc1cccnc1)c1cccc(F)c1. The lowest BCUT2D eigenvalue weighted by molar-refractivity contribution is -0.123. The molecule has 0 saturated heterocycles. The second-order valence-electron chi connectivity index (χ2n) is 6.45. The van der Waals surface area contributed by atoms with Crippen molar-refractivity contribution < 1.29 is 9.18 Å². The van der Waals surface area contributed by atoms with E-state index in [9.17, 15) is 9.18 Å². The summed E-state index contributed by atoms with van der Waals surface area (Å²) in [5.74, 6) is -0.535. The third-order valence-corrected chi connectivity index (χ3v) is 4.39. The molecule has 1 atom stereocenters. The summed E-state index contributed by atoms with van der Waals surface area (Å²) >= 11 is 0. The smallest absolute Gasteiger partial charge is 0.241 e. The highest BCUT2D eigenvalue weighted by atomic mass is 19.1. The molecule has 5 nitrogen and oxygen atoms in total. The number of halogens is 1. The van der Waals surface area contributed by atoms with Gasteiger partial charge in [-0.15, -0.1) is 0 Å². The number of carbonyl (C=O) groups is 1. The third kappa shape index (κ3) is 5.96. The summed E-state index contributed by atoms with van der Waals surface area (Å²) < 4.78 is 13.7. The van der Waals surface area contributed by atoms with E-state index in [0.717, 1.165) is 17.5 Å². The van der Waals surface area contributed by atoms with E-state index in [-0.39, 0.29) is 11.7 Å². The molecule has 0 saturated carbocycles. The van der Waals surface area contributed by atoms with Crippen LogP contribution in [0.5, 0.6) is 0 Å². The fourth-order valence-corrected chi connectivity index (χ4v) is 2.94. The number of aromatic nitrogens is 2. The molecular weight excluding hydrogens is 355 g/mol. The molecule has 2 heterocycles. The van der Waals surface area contributed by atoms with Gasteiger partial charge in [-0.25, -0.2) is 4.39 Å². The van der Waals surface area contributed by atoms with Gasteiger partial charge in [-0.05, 0) is 59.9 Å². The van der Waals surface area contributed by atoms with Crippen LogP contribution in [-0.4, -0.2) is 29.0 Å². The molecule has 28 heavy (non-hydrogen) atoms. The van der Waals surface area contributed by atoms with Gasteiger partial charge in [0.1, 0.15) is 11.9 Å². The first kappa shape index (κ1) is 19.6. The highest BCUT2D eigenvalue weighted by molar-refractivity contribution is 5.83. The van der Waals surface area contributed by atoms with Gasteiger partial charge in [0, 0.05) is 37.9 Å². The second kappa shape index (κ2) is 10.3. The predicted octanol–water partition coefficient (Wildman–Crippen LogP) is 2.85. The summed E-state index contributed by atoms with van der Waals surface area (Å²) in [7, 11) is 0. The molecule has 2 N–H and O–H groups in total. The summed E-state index contributed by atoms with van der Waals surface area (Å²) in [6, 6.07) is 13.2. The number of pyridine rings is 2. The molecule has 0 bridgehead atoms. The summed E-state index contributed by atoms with van der Waals surface area (Å²) in [4.78, 5) is 20.8. The number of carbonyl (C=O) groups excluding carboxylic acids is 1. The quantitative estimate of drug-likeness (QED) is 0.601. The molecule has 3 aromatic rings. The minimum atomic E-state index is -0.621. The van der Waals surface area contributed by atoms with E-state index in [4.69, 9.17) is 0 Å². The highest BCUT2D eigenvalue weighted by Crippen LogP contribution is 2.15. The average Bonchev–Trinajstić information content (AvgIpc) is 2.72. The van der Waals surface area contributed by atoms with Crippen LogP contribution in [0.1, 0.15) is 22.7 Å². The maximum Gasteiger partial charge on any atom is 0.241 e. The maximum absolute atomic E-state index is 13.7. The largest absolute Gasteiger partial charge is 0.354 e. The van der Waals surface area contributed by atoms with E-state index in [1.807, 2.05) is 24.3 Å². The van der Waals surface area contributed by atoms with Crippen LogP contribution >= 0.6 is 0 Å². The number of hydrogen-bond donors (Lipinski definition) is 2. The first-order chi connectivity index (χ1) is 13.7. The zero-order chi connectivity index (χ0) is 19.6. The van der Waals surface area contributed by atoms with Gasteiger partial charge >= 0.3 is 0 Å². The van der Waals surface area contributed by atoms with E-state index >= 15 is 0 Å². The topological polar surface area (TPSA) is 66.9 Å². The number of benzene rings is 1. The molecule has 6 heteroatoms. The van der Waals surface area contributed by atoms with Gasteiger partial charge in [0.25, 0.3) is 0 Å². The van der Waals surface area contributed by atoms with Crippen molar-refractivity contribution in [2.45, 2.75) is 18.9 Å². The van der Waals surface area contributed by atoms with Crippen molar-refractivity contribution in [1.29, 1.82) is 0 Å². The molecule has 0 unspecified atom stereocenters. The van der Waals surface area contributed by atoms with E-state index in [0.29, 0.717) is 25.1 Å². The molecule has 2 aromatic heterocycles. The lowest BCUT2D eigenvalue weighted by atomic mass is 10.1. The Bertz CT molecular complexity index is 874. The molecule has 0 fully saturated rings. The number of nitrogens with one attached hydrogen (secondary N) is 2. The minimum absolute atomic E-state index is 0.175. The highest BCUT2D eigenvalue weighted by Gasteiger charge is 2.20. The van der Waals surface area contributed by atoms with Crippen LogP contribution in [-0.2, 0) is 17.6 Å². The van der Waals surface area contributed by atoms with Crippen molar-refractivity contribution >= 4 is 5.91 Å². The van der Waals surface area contributed by atoms with E-state index < -0.39 is 6.04 Å². The molecular formula is C22H23FN4O. The summed E-state index contributed by atoms with van der Waals surface area (Å²) in [5, 5.41) is 6.18. The van der Waals surface area contributed by atoms with Crippen LogP contribution in [0.4, 0.5) is 4.39 Å². The van der Waals surface area contributed by atoms with E-state index in [2.05, 4.69) is 20.6 Å². The van der Waals surface area contributed by atoms with E-state index in [1.54, 1.807) is 36.9 Å². The average molecular weight is 378 g/mol. The standard InChI is InChI=1S/C22H23FN4O/c23-20-5-1-4-19(15-20)21(26-13-9-18-3-2-10-25-16-18)22(28)27-14-8-17-6-11-24-12-7-17/h1-7,10-12,15-16,21,26H,8-9,13-14H2,(H,27,28)/t21-/m0/s1. The van der Waals surface area contributed by atoms with Gasteiger partial charge in [-0.3, -0.25) is 14.8 Å². The number of rotatable bonds is 9. The minimum Gasteiger partial charge on any atom is -0.354 e. The van der Waals surface area contributed by atoms with Gasteiger partial charge in [-0.1, -0.05) is 18.2 Å². The molecule has 0 radical (unpaired) electrons. The van der Waals surface area contributed by atoms with Gasteiger partial charge in [-0.2, -0.15) is 0 Å². The van der Waals surface area contributed by atoms with Crippen LogP contribution in [0, 0.1) is 5.82 Å². The third-order valence-electron chi connectivity index (χ3n) is 4.39. The molecule has 0 aliphatic rings. The fourth-order valence-electron chi connectivity index (χ4n) is 2.94. The van der Waals surface area contributed by atoms with Crippen LogP contribution in [0.2, 0.25) is 0 Å². The number of amides is 1. The molecule has 0 aliphatic carbocycles. The Morgan fingerprint density at radius 3 is 2.50 bits per heavy atom. The van der Waals surface area contributed by atoms with Crippen molar-refractivity contribution in [2.75, 3.05) is 13.1 Å². The molecule has 144 valence electrons. The molecule has 1 aromatic carbocycles. The first-order valence-electron chi connectivity index (χ1n) is 9.27. The Labute approximate surface area is 164 Å². The summed E-state index contributed by atoms with van der Waals surface area (Å²) in [6.07, 6.45) is 8.42. The Morgan fingerprint density at radius 1 is 0.929 bits per heavy atom. The lowest BCUT2D eigenvalue weighted by Crippen LogP contribution is -2.39. The Kier molecular flexibility index (Phi) is 7.21. The first-order valence-corrected chi connectivity index (χ1v) is 9.27. The summed E-state index contributed by atoms with van der Waals surface area (Å²) in [5.41, 5.74) is 2.78. The van der Waals surface area contributed by atoms with Crippen molar-refractivity contribution in [3.63, 3.8) is 0 Å². The van der Waals surface area contributed by atoms with Gasteiger partial charge in [0.2, 0.25) is 5.91 Å². The number of nitrogens with zero attached hydrogens (tertiary/aromatic N) is 2. The van der Waals surface area contributed by atoms with Gasteiger partial charge < -0.3 is 10.6 Å². The molecule has 3 rings (SSSR count). The molecule has 0 aliphatic heterocycles. The summed E-state index contributed by atoms with van der Waals surface area (Å²) in [6.45, 7) is 1.07. The monoisotopic (exact) mass is 378 g/mol. The fraction of sp³-hybridized carbons (Fsp3) is 0.227. The Hall–Kier alpha value is -3.12. The van der Waals surface area contributed by atoms with Crippen molar-refractivity contribution in [3.8, 4) is 0 Å². The van der Waals surface area contributed by atoms with Crippen LogP contribution < -0.4 is 10.6 Å². The van der Waals surface area contributed by atoms with Crippen molar-refractivity contribution in [2.24, 2.45) is 0 Å². The second-order valence-corrected chi connectivity index (χ2v) is 6.45. The van der Waals surface area contributed by atoms with Crippen molar-refractivity contribution in [1.82, 2.24) is 20.6 Å². The zero-order valence-electron chi connectivity index (χ0n) is 15.5. The van der Waals surface area contributed by atoms with Gasteiger partial charge in [0.15, 0.2) is 0 Å². The predicted molar refractivity (Wildman–Crippen MR) is 106 cm³/mol. The van der Waals surface area contributed by atoms with Crippen LogP contribution in [0.3, 0.4) is 0 Å². The number of hydrogen-bond acceptors (Lipinski definition) is 4. The maximum atomic E-state index is 13.7. The molecule has 0 spiro atoms. The lowest BCUT2D eigenvalue weighted by Gasteiger charge is -2.19. The molecule has 1 amide bonds. The van der Waals surface area contributed by atoms with Crippen LogP contribution in [0.15, 0.2) is 73.3 Å². The normalized spacial score (nSPS) is 11.8. The van der Waals surface area contributed by atoms with E-state index in [1.165, 1.54) is 12.1 Å². The van der Waals surface area contributed by atoms with Gasteiger partial charge in [0.05, 0.1) is 0 Å². The Morgan fingerprint density at radius 2 is 1.75 bits per heavy atom.